The van der Waals surface area contributed by atoms with Crippen LogP contribution in [0.4, 0.5) is 0 Å². The normalized spacial score (nSPS) is 15.7. The van der Waals surface area contributed by atoms with Crippen LogP contribution in [0.25, 0.3) is 0 Å². The molecule has 1 amide bonds. The van der Waals surface area contributed by atoms with Crippen molar-refractivity contribution in [3.8, 4) is 0 Å². The highest BCUT2D eigenvalue weighted by atomic mass is 32.2. The second-order valence-electron chi connectivity index (χ2n) is 6.61. The molecule has 1 aromatic heterocycles. The van der Waals surface area contributed by atoms with Gasteiger partial charge in [0.25, 0.3) is 5.91 Å². The van der Waals surface area contributed by atoms with Crippen LogP contribution in [0.2, 0.25) is 0 Å². The van der Waals surface area contributed by atoms with Crippen LogP contribution < -0.4 is 4.72 Å². The SMILES string of the molecule is CS(=O)(=O)NC1CCN(C(=O)c2ccc(CSc3ccccn3)cc2)CC1. The standard InChI is InChI=1S/C19H23N3O3S2/c1-27(24,25)21-17-9-12-22(13-10-17)19(23)16-7-5-15(6-8-16)14-26-18-4-2-3-11-20-18/h2-8,11,17,21H,9-10,12-14H2,1H3. The third kappa shape index (κ3) is 6.05. The quantitative estimate of drug-likeness (QED) is 0.747. The number of carbonyl (C=O) groups excluding carboxylic acids is 1. The van der Waals surface area contributed by atoms with Gasteiger partial charge in [-0.05, 0) is 42.7 Å². The molecule has 27 heavy (non-hydrogen) atoms. The summed E-state index contributed by atoms with van der Waals surface area (Å²) in [4.78, 5) is 18.7. The van der Waals surface area contributed by atoms with Gasteiger partial charge in [-0.2, -0.15) is 0 Å². The van der Waals surface area contributed by atoms with Gasteiger partial charge in [0, 0.05) is 36.6 Å². The van der Waals surface area contributed by atoms with Crippen molar-refractivity contribution >= 4 is 27.7 Å². The summed E-state index contributed by atoms with van der Waals surface area (Å²) in [5.41, 5.74) is 1.80. The van der Waals surface area contributed by atoms with E-state index in [9.17, 15) is 13.2 Å². The van der Waals surface area contributed by atoms with Crippen LogP contribution in [0.15, 0.2) is 53.7 Å². The predicted octanol–water partition coefficient (Wildman–Crippen LogP) is 2.53. The van der Waals surface area contributed by atoms with Crippen LogP contribution >= 0.6 is 11.8 Å². The number of sulfonamides is 1. The Kier molecular flexibility index (Phi) is 6.51. The Hall–Kier alpha value is -1.90. The zero-order valence-corrected chi connectivity index (χ0v) is 16.8. The van der Waals surface area contributed by atoms with Gasteiger partial charge >= 0.3 is 0 Å². The van der Waals surface area contributed by atoms with Crippen LogP contribution in [0.1, 0.15) is 28.8 Å². The van der Waals surface area contributed by atoms with Gasteiger partial charge in [0.2, 0.25) is 10.0 Å². The number of thioether (sulfide) groups is 1. The Bertz CT molecular complexity index is 863. The number of carbonyl (C=O) groups is 1. The summed E-state index contributed by atoms with van der Waals surface area (Å²) in [7, 11) is -3.20. The molecule has 2 heterocycles. The molecule has 1 aliphatic heterocycles. The minimum absolute atomic E-state index is 0.00302. The highest BCUT2D eigenvalue weighted by Crippen LogP contribution is 2.21. The van der Waals surface area contributed by atoms with Gasteiger partial charge in [0.1, 0.15) is 0 Å². The summed E-state index contributed by atoms with van der Waals surface area (Å²) < 4.78 is 25.2. The van der Waals surface area contributed by atoms with Crippen molar-refractivity contribution in [2.45, 2.75) is 29.7 Å². The van der Waals surface area contributed by atoms with Crippen LogP contribution in [0.3, 0.4) is 0 Å². The fourth-order valence-corrected chi connectivity index (χ4v) is 4.68. The van der Waals surface area contributed by atoms with Crippen LogP contribution in [-0.4, -0.2) is 49.6 Å². The summed E-state index contributed by atoms with van der Waals surface area (Å²) in [6, 6.07) is 13.4. The highest BCUT2D eigenvalue weighted by Gasteiger charge is 2.25. The molecule has 6 nitrogen and oxygen atoms in total. The number of rotatable bonds is 6. The lowest BCUT2D eigenvalue weighted by Gasteiger charge is -2.32. The third-order valence-electron chi connectivity index (χ3n) is 4.39. The molecule has 1 aromatic carbocycles. The highest BCUT2D eigenvalue weighted by molar-refractivity contribution is 7.98. The molecule has 3 rings (SSSR count). The maximum absolute atomic E-state index is 12.7. The van der Waals surface area contributed by atoms with Gasteiger partial charge in [0.05, 0.1) is 11.3 Å². The summed E-state index contributed by atoms with van der Waals surface area (Å²) in [5.74, 6) is 0.797. The lowest BCUT2D eigenvalue weighted by atomic mass is 10.0. The Morgan fingerprint density at radius 2 is 1.89 bits per heavy atom. The zero-order chi connectivity index (χ0) is 19.3. The number of nitrogens with one attached hydrogen (secondary N) is 1. The average molecular weight is 406 g/mol. The Balaban J connectivity index is 1.52. The molecule has 0 radical (unpaired) electrons. The van der Waals surface area contributed by atoms with E-state index in [-0.39, 0.29) is 11.9 Å². The monoisotopic (exact) mass is 405 g/mol. The molecule has 2 aromatic rings. The van der Waals surface area contributed by atoms with Gasteiger partial charge in [-0.1, -0.05) is 18.2 Å². The molecular formula is C19H23N3O3S2. The first-order valence-corrected chi connectivity index (χ1v) is 11.7. The number of aromatic nitrogens is 1. The molecule has 1 fully saturated rings. The van der Waals surface area contributed by atoms with E-state index >= 15 is 0 Å². The minimum atomic E-state index is -3.20. The van der Waals surface area contributed by atoms with Gasteiger partial charge in [-0.15, -0.1) is 11.8 Å². The molecule has 1 aliphatic rings. The van der Waals surface area contributed by atoms with Gasteiger partial charge < -0.3 is 4.90 Å². The maximum atomic E-state index is 12.7. The van der Waals surface area contributed by atoms with E-state index in [4.69, 9.17) is 0 Å². The van der Waals surface area contributed by atoms with Crippen LogP contribution in [0, 0.1) is 0 Å². The number of piperidine rings is 1. The predicted molar refractivity (Wildman–Crippen MR) is 107 cm³/mol. The number of benzene rings is 1. The molecule has 0 atom stereocenters. The zero-order valence-electron chi connectivity index (χ0n) is 15.2. The Morgan fingerprint density at radius 1 is 1.19 bits per heavy atom. The van der Waals surface area contributed by atoms with Gasteiger partial charge in [0.15, 0.2) is 0 Å². The molecule has 0 unspecified atom stereocenters. The topological polar surface area (TPSA) is 79.4 Å². The molecule has 1 N–H and O–H groups in total. The molecule has 8 heteroatoms. The van der Waals surface area contributed by atoms with Crippen LogP contribution in [-0.2, 0) is 15.8 Å². The summed E-state index contributed by atoms with van der Waals surface area (Å²) >= 11 is 1.66. The largest absolute Gasteiger partial charge is 0.339 e. The number of likely N-dealkylation sites (tertiary alicyclic amines) is 1. The maximum Gasteiger partial charge on any atom is 0.253 e. The van der Waals surface area contributed by atoms with E-state index in [1.807, 2.05) is 42.5 Å². The number of hydrogen-bond acceptors (Lipinski definition) is 5. The average Bonchev–Trinajstić information content (AvgIpc) is 2.66. The van der Waals surface area contributed by atoms with Crippen molar-refractivity contribution in [2.24, 2.45) is 0 Å². The molecule has 0 spiro atoms. The van der Waals surface area contributed by atoms with Gasteiger partial charge in [-0.25, -0.2) is 18.1 Å². The number of amides is 1. The first-order valence-electron chi connectivity index (χ1n) is 8.80. The Labute approximate surface area is 164 Å². The van der Waals surface area contributed by atoms with Crippen molar-refractivity contribution in [1.82, 2.24) is 14.6 Å². The van der Waals surface area contributed by atoms with E-state index in [2.05, 4.69) is 9.71 Å². The van der Waals surface area contributed by atoms with Gasteiger partial charge in [-0.3, -0.25) is 4.79 Å². The molecule has 0 saturated carbocycles. The van der Waals surface area contributed by atoms with E-state index in [0.717, 1.165) is 22.6 Å². The molecule has 144 valence electrons. The molecule has 0 aliphatic carbocycles. The Morgan fingerprint density at radius 3 is 2.48 bits per heavy atom. The smallest absolute Gasteiger partial charge is 0.253 e. The fourth-order valence-electron chi connectivity index (χ4n) is 3.02. The van der Waals surface area contributed by atoms with Crippen molar-refractivity contribution in [2.75, 3.05) is 19.3 Å². The first-order chi connectivity index (χ1) is 12.9. The lowest BCUT2D eigenvalue weighted by Crippen LogP contribution is -2.46. The second-order valence-corrected chi connectivity index (χ2v) is 9.39. The number of hydrogen-bond donors (Lipinski definition) is 1. The third-order valence-corrected chi connectivity index (χ3v) is 6.16. The van der Waals surface area contributed by atoms with E-state index in [0.29, 0.717) is 31.5 Å². The summed E-state index contributed by atoms with van der Waals surface area (Å²) in [6.07, 6.45) is 4.21. The second kappa shape index (κ2) is 8.86. The van der Waals surface area contributed by atoms with Crippen molar-refractivity contribution in [3.63, 3.8) is 0 Å². The van der Waals surface area contributed by atoms with Crippen molar-refractivity contribution in [1.29, 1.82) is 0 Å². The van der Waals surface area contributed by atoms with Crippen LogP contribution in [0.5, 0.6) is 0 Å². The number of nitrogens with zero attached hydrogens (tertiary/aromatic N) is 2. The summed E-state index contributed by atoms with van der Waals surface area (Å²) in [5, 5.41) is 0.975. The molecule has 1 saturated heterocycles. The van der Waals surface area contributed by atoms with E-state index < -0.39 is 10.0 Å². The molecular weight excluding hydrogens is 382 g/mol. The van der Waals surface area contributed by atoms with Crippen molar-refractivity contribution < 1.29 is 13.2 Å². The van der Waals surface area contributed by atoms with Crippen molar-refractivity contribution in [3.05, 3.63) is 59.8 Å². The minimum Gasteiger partial charge on any atom is -0.339 e. The summed E-state index contributed by atoms with van der Waals surface area (Å²) in [6.45, 7) is 1.12. The molecule has 0 bridgehead atoms. The van der Waals surface area contributed by atoms with E-state index in [1.54, 1.807) is 22.9 Å². The first kappa shape index (κ1) is 19.9. The van der Waals surface area contributed by atoms with E-state index in [1.165, 1.54) is 0 Å². The lowest BCUT2D eigenvalue weighted by molar-refractivity contribution is 0.0711. The fraction of sp³-hybridized carbons (Fsp3) is 0.368. The number of pyridine rings is 1.